The van der Waals surface area contributed by atoms with Gasteiger partial charge in [-0.1, -0.05) is 17.7 Å². The van der Waals surface area contributed by atoms with Crippen LogP contribution >= 0.6 is 11.6 Å². The third kappa shape index (κ3) is 3.15. The molecule has 0 saturated carbocycles. The van der Waals surface area contributed by atoms with E-state index in [0.29, 0.717) is 22.0 Å². The van der Waals surface area contributed by atoms with Gasteiger partial charge in [0.25, 0.3) is 5.91 Å². The van der Waals surface area contributed by atoms with Crippen LogP contribution in [0.3, 0.4) is 0 Å². The summed E-state index contributed by atoms with van der Waals surface area (Å²) in [4.78, 5) is 14.6. The Balaban J connectivity index is 1.99. The van der Waals surface area contributed by atoms with Crippen molar-refractivity contribution in [2.45, 2.75) is 6.92 Å². The molecule has 1 heterocycles. The zero-order valence-corrected chi connectivity index (χ0v) is 15.3. The number of benzene rings is 2. The number of halogens is 1. The number of para-hydroxylation sites is 1. The van der Waals surface area contributed by atoms with Crippen LogP contribution in [0.15, 0.2) is 40.8 Å². The topological polar surface area (TPSA) is 54.7 Å². The van der Waals surface area contributed by atoms with E-state index in [1.165, 1.54) is 0 Å². The number of fused-ring (bicyclic) bond motifs is 1. The average Bonchev–Trinajstić information content (AvgIpc) is 2.91. The number of anilines is 2. The van der Waals surface area contributed by atoms with Gasteiger partial charge < -0.3 is 19.4 Å². The number of furan rings is 1. The molecule has 0 atom stereocenters. The van der Waals surface area contributed by atoms with E-state index in [2.05, 4.69) is 5.32 Å². The van der Waals surface area contributed by atoms with Gasteiger partial charge in [-0.2, -0.15) is 0 Å². The van der Waals surface area contributed by atoms with E-state index >= 15 is 0 Å². The molecular formula is C19H19ClN2O3. The summed E-state index contributed by atoms with van der Waals surface area (Å²) < 4.78 is 11.0. The summed E-state index contributed by atoms with van der Waals surface area (Å²) in [5, 5.41) is 4.30. The van der Waals surface area contributed by atoms with Crippen molar-refractivity contribution in [1.82, 2.24) is 0 Å². The average molecular weight is 359 g/mol. The number of methoxy groups -OCH3 is 1. The SMILES string of the molecule is COc1ccc2oc(C(=O)Nc3cccc(Cl)c3N(C)C)c(C)c2c1. The molecule has 3 aromatic rings. The molecule has 0 fully saturated rings. The first-order valence-electron chi connectivity index (χ1n) is 7.76. The van der Waals surface area contributed by atoms with E-state index in [1.807, 2.05) is 32.0 Å². The molecule has 1 aromatic heterocycles. The minimum absolute atomic E-state index is 0.271. The number of hydrogen-bond donors (Lipinski definition) is 1. The number of nitrogens with zero attached hydrogens (tertiary/aromatic N) is 1. The van der Waals surface area contributed by atoms with Crippen LogP contribution in [0.5, 0.6) is 5.75 Å². The van der Waals surface area contributed by atoms with E-state index < -0.39 is 0 Å². The second-order valence-electron chi connectivity index (χ2n) is 5.90. The Kier molecular flexibility index (Phi) is 4.59. The van der Waals surface area contributed by atoms with Crippen molar-refractivity contribution < 1.29 is 13.9 Å². The second kappa shape index (κ2) is 6.69. The second-order valence-corrected chi connectivity index (χ2v) is 6.31. The molecular weight excluding hydrogens is 340 g/mol. The first-order valence-corrected chi connectivity index (χ1v) is 8.14. The zero-order chi connectivity index (χ0) is 18.1. The molecule has 6 heteroatoms. The Morgan fingerprint density at radius 1 is 1.24 bits per heavy atom. The van der Waals surface area contributed by atoms with Crippen LogP contribution in [0.4, 0.5) is 11.4 Å². The van der Waals surface area contributed by atoms with Gasteiger partial charge in [-0.3, -0.25) is 4.79 Å². The van der Waals surface area contributed by atoms with Gasteiger partial charge in [0.2, 0.25) is 0 Å². The summed E-state index contributed by atoms with van der Waals surface area (Å²) in [5.41, 5.74) is 2.77. The summed E-state index contributed by atoms with van der Waals surface area (Å²) in [5.74, 6) is 0.666. The molecule has 3 rings (SSSR count). The molecule has 25 heavy (non-hydrogen) atoms. The third-order valence-electron chi connectivity index (χ3n) is 4.03. The Morgan fingerprint density at radius 2 is 2.00 bits per heavy atom. The molecule has 2 aromatic carbocycles. The van der Waals surface area contributed by atoms with Gasteiger partial charge in [0, 0.05) is 25.0 Å². The van der Waals surface area contributed by atoms with Crippen molar-refractivity contribution in [3.8, 4) is 5.75 Å². The van der Waals surface area contributed by atoms with Crippen LogP contribution in [0.25, 0.3) is 11.0 Å². The summed E-state index contributed by atoms with van der Waals surface area (Å²) in [6.45, 7) is 1.85. The highest BCUT2D eigenvalue weighted by molar-refractivity contribution is 6.34. The largest absolute Gasteiger partial charge is 0.497 e. The Hall–Kier alpha value is -2.66. The van der Waals surface area contributed by atoms with Gasteiger partial charge in [-0.05, 0) is 37.3 Å². The summed E-state index contributed by atoms with van der Waals surface area (Å²) >= 11 is 6.25. The van der Waals surface area contributed by atoms with Crippen LogP contribution in [0, 0.1) is 6.92 Å². The van der Waals surface area contributed by atoms with Gasteiger partial charge in [-0.25, -0.2) is 0 Å². The van der Waals surface area contributed by atoms with E-state index in [0.717, 1.165) is 16.6 Å². The van der Waals surface area contributed by atoms with E-state index in [1.54, 1.807) is 37.4 Å². The highest BCUT2D eigenvalue weighted by Crippen LogP contribution is 2.34. The maximum Gasteiger partial charge on any atom is 0.291 e. The maximum atomic E-state index is 12.7. The number of nitrogens with one attached hydrogen (secondary N) is 1. The number of ether oxygens (including phenoxy) is 1. The molecule has 0 aliphatic carbocycles. The monoisotopic (exact) mass is 358 g/mol. The lowest BCUT2D eigenvalue weighted by molar-refractivity contribution is 0.0998. The van der Waals surface area contributed by atoms with Gasteiger partial charge >= 0.3 is 0 Å². The molecule has 0 bridgehead atoms. The number of hydrogen-bond acceptors (Lipinski definition) is 4. The van der Waals surface area contributed by atoms with Crippen LogP contribution in [-0.4, -0.2) is 27.1 Å². The number of carbonyl (C=O) groups excluding carboxylic acids is 1. The molecule has 0 aliphatic heterocycles. The summed E-state index contributed by atoms with van der Waals surface area (Å²) in [6.07, 6.45) is 0. The Labute approximate surface area is 151 Å². The van der Waals surface area contributed by atoms with Crippen LogP contribution in [0.2, 0.25) is 5.02 Å². The van der Waals surface area contributed by atoms with Gasteiger partial charge in [0.15, 0.2) is 5.76 Å². The lowest BCUT2D eigenvalue weighted by Gasteiger charge is -2.19. The van der Waals surface area contributed by atoms with Crippen molar-refractivity contribution in [1.29, 1.82) is 0 Å². The van der Waals surface area contributed by atoms with Crippen molar-refractivity contribution in [2.75, 3.05) is 31.4 Å². The molecule has 0 radical (unpaired) electrons. The maximum absolute atomic E-state index is 12.7. The Bertz CT molecular complexity index is 947. The number of aryl methyl sites for hydroxylation is 1. The van der Waals surface area contributed by atoms with Crippen molar-refractivity contribution in [2.24, 2.45) is 0 Å². The van der Waals surface area contributed by atoms with Crippen LogP contribution in [0.1, 0.15) is 16.1 Å². The minimum atomic E-state index is -0.321. The summed E-state index contributed by atoms with van der Waals surface area (Å²) in [6, 6.07) is 10.8. The molecule has 0 aliphatic rings. The normalized spacial score (nSPS) is 10.8. The fourth-order valence-corrected chi connectivity index (χ4v) is 3.14. The molecule has 0 saturated heterocycles. The fraction of sp³-hybridized carbons (Fsp3) is 0.211. The fourth-order valence-electron chi connectivity index (χ4n) is 2.79. The molecule has 0 unspecified atom stereocenters. The molecule has 1 amide bonds. The Morgan fingerprint density at radius 3 is 2.68 bits per heavy atom. The van der Waals surface area contributed by atoms with Crippen molar-refractivity contribution in [3.05, 3.63) is 52.7 Å². The van der Waals surface area contributed by atoms with Gasteiger partial charge in [0.05, 0.1) is 23.5 Å². The number of rotatable bonds is 4. The first kappa shape index (κ1) is 17.2. The van der Waals surface area contributed by atoms with E-state index in [-0.39, 0.29) is 11.7 Å². The van der Waals surface area contributed by atoms with Crippen molar-refractivity contribution >= 4 is 39.9 Å². The van der Waals surface area contributed by atoms with E-state index in [4.69, 9.17) is 20.8 Å². The lowest BCUT2D eigenvalue weighted by Crippen LogP contribution is -2.17. The lowest BCUT2D eigenvalue weighted by atomic mass is 10.1. The predicted molar refractivity (Wildman–Crippen MR) is 101 cm³/mol. The zero-order valence-electron chi connectivity index (χ0n) is 14.5. The minimum Gasteiger partial charge on any atom is -0.497 e. The van der Waals surface area contributed by atoms with E-state index in [9.17, 15) is 4.79 Å². The first-order chi connectivity index (χ1) is 11.9. The highest BCUT2D eigenvalue weighted by Gasteiger charge is 2.20. The molecule has 0 spiro atoms. The number of carbonyl (C=O) groups is 1. The van der Waals surface area contributed by atoms with Gasteiger partial charge in [-0.15, -0.1) is 0 Å². The quantitative estimate of drug-likeness (QED) is 0.733. The third-order valence-corrected chi connectivity index (χ3v) is 4.34. The molecule has 1 N–H and O–H groups in total. The standard InChI is InChI=1S/C19H19ClN2O3/c1-11-13-10-12(24-4)8-9-16(13)25-18(11)19(23)21-15-7-5-6-14(20)17(15)22(2)3/h5-10H,1-4H3,(H,21,23). The summed E-state index contributed by atoms with van der Waals surface area (Å²) in [7, 11) is 5.34. The molecule has 5 nitrogen and oxygen atoms in total. The van der Waals surface area contributed by atoms with Crippen LogP contribution < -0.4 is 15.0 Å². The molecule has 130 valence electrons. The number of amides is 1. The van der Waals surface area contributed by atoms with Crippen LogP contribution in [-0.2, 0) is 0 Å². The smallest absolute Gasteiger partial charge is 0.291 e. The highest BCUT2D eigenvalue weighted by atomic mass is 35.5. The van der Waals surface area contributed by atoms with Gasteiger partial charge in [0.1, 0.15) is 11.3 Å². The van der Waals surface area contributed by atoms with Crippen molar-refractivity contribution in [3.63, 3.8) is 0 Å². The predicted octanol–water partition coefficient (Wildman–Crippen LogP) is 4.72.